The molecule has 0 aliphatic rings. The number of allylic oxidation sites excluding steroid dienone is 2. The maximum atomic E-state index is 5.47. The standard InChI is InChI=1S/C18H37N.Cs.H/c1-2-3-4-5-6-7-8-9-10-11-12-13-14-15-16-17-18-19;;/h9-10H,2-8,11-19H2,1H3;;/q;+1;-1/b10-9-;;. The number of hydrogen-bond acceptors (Lipinski definition) is 1. The van der Waals surface area contributed by atoms with E-state index in [1.54, 1.807) is 0 Å². The Morgan fingerprint density at radius 3 is 1.50 bits per heavy atom. The van der Waals surface area contributed by atoms with Crippen molar-refractivity contribution in [3.63, 3.8) is 0 Å². The molecule has 0 fully saturated rings. The Kier molecular flexibility index (Phi) is 27.6. The van der Waals surface area contributed by atoms with Crippen LogP contribution in [0.15, 0.2) is 12.2 Å². The van der Waals surface area contributed by atoms with Crippen LogP contribution < -0.4 is 74.6 Å². The van der Waals surface area contributed by atoms with Crippen molar-refractivity contribution in [2.75, 3.05) is 6.54 Å². The molecule has 0 aliphatic heterocycles. The summed E-state index contributed by atoms with van der Waals surface area (Å²) in [6.07, 6.45) is 23.9. The van der Waals surface area contributed by atoms with Gasteiger partial charge < -0.3 is 7.16 Å². The minimum absolute atomic E-state index is 0. The monoisotopic (exact) mass is 401 g/mol. The Balaban J connectivity index is -0.00000162. The molecule has 0 saturated heterocycles. The maximum absolute atomic E-state index is 5.47. The van der Waals surface area contributed by atoms with Crippen LogP contribution in [0.4, 0.5) is 0 Å². The molecular formula is C18H38CsN. The minimum Gasteiger partial charge on any atom is -1.00 e. The fraction of sp³-hybridized carbons (Fsp3) is 0.889. The van der Waals surface area contributed by atoms with Crippen LogP contribution in [0.25, 0.3) is 0 Å². The second-order valence-corrected chi connectivity index (χ2v) is 5.73. The third-order valence-electron chi connectivity index (χ3n) is 3.72. The van der Waals surface area contributed by atoms with Crippen molar-refractivity contribution in [3.05, 3.63) is 12.2 Å². The van der Waals surface area contributed by atoms with Gasteiger partial charge in [0.15, 0.2) is 0 Å². The van der Waals surface area contributed by atoms with Crippen molar-refractivity contribution in [3.8, 4) is 0 Å². The first-order valence-electron chi connectivity index (χ1n) is 8.77. The molecule has 0 rings (SSSR count). The first-order valence-corrected chi connectivity index (χ1v) is 8.77. The topological polar surface area (TPSA) is 26.0 Å². The maximum Gasteiger partial charge on any atom is 1.00 e. The smallest absolute Gasteiger partial charge is 1.00 e. The van der Waals surface area contributed by atoms with E-state index in [4.69, 9.17) is 5.73 Å². The first-order chi connectivity index (χ1) is 9.41. The predicted octanol–water partition coefficient (Wildman–Crippen LogP) is 3.10. The van der Waals surface area contributed by atoms with Crippen LogP contribution in [-0.2, 0) is 0 Å². The summed E-state index contributed by atoms with van der Waals surface area (Å²) in [5, 5.41) is 0. The van der Waals surface area contributed by atoms with Crippen LogP contribution in [0.2, 0.25) is 0 Å². The predicted molar refractivity (Wildman–Crippen MR) is 89.6 cm³/mol. The Hall–Kier alpha value is 1.75. The van der Waals surface area contributed by atoms with Crippen LogP contribution >= 0.6 is 0 Å². The van der Waals surface area contributed by atoms with Crippen molar-refractivity contribution in [1.82, 2.24) is 0 Å². The van der Waals surface area contributed by atoms with Crippen LogP contribution in [0.1, 0.15) is 98.2 Å². The molecule has 1 nitrogen and oxygen atoms in total. The SMILES string of the molecule is CCCCCCCC/C=C\CCCCCCCCN.[Cs+].[H-]. The van der Waals surface area contributed by atoms with Gasteiger partial charge in [-0.1, -0.05) is 76.9 Å². The summed E-state index contributed by atoms with van der Waals surface area (Å²) in [6.45, 7) is 3.14. The number of unbranched alkanes of at least 4 members (excludes halogenated alkanes) is 12. The third-order valence-corrected chi connectivity index (χ3v) is 3.72. The molecule has 0 amide bonds. The molecule has 0 spiro atoms. The van der Waals surface area contributed by atoms with Crippen LogP contribution in [0.5, 0.6) is 0 Å². The van der Waals surface area contributed by atoms with E-state index in [0.717, 1.165) is 6.54 Å². The quantitative estimate of drug-likeness (QED) is 0.331. The Bertz CT molecular complexity index is 186. The third kappa shape index (κ3) is 22.0. The summed E-state index contributed by atoms with van der Waals surface area (Å²) in [4.78, 5) is 0. The van der Waals surface area contributed by atoms with Gasteiger partial charge in [0, 0.05) is 0 Å². The van der Waals surface area contributed by atoms with E-state index < -0.39 is 0 Å². The van der Waals surface area contributed by atoms with Gasteiger partial charge in [0.25, 0.3) is 0 Å². The molecule has 0 radical (unpaired) electrons. The summed E-state index contributed by atoms with van der Waals surface area (Å²) in [5.74, 6) is 0. The molecule has 0 aromatic rings. The van der Waals surface area contributed by atoms with E-state index in [9.17, 15) is 0 Å². The molecule has 2 N–H and O–H groups in total. The Morgan fingerprint density at radius 1 is 0.650 bits per heavy atom. The number of rotatable bonds is 15. The molecule has 0 bridgehead atoms. The van der Waals surface area contributed by atoms with Gasteiger partial charge in [-0.05, 0) is 38.6 Å². The molecule has 20 heavy (non-hydrogen) atoms. The van der Waals surface area contributed by atoms with Crippen molar-refractivity contribution in [2.24, 2.45) is 5.73 Å². The Labute approximate surface area is 188 Å². The van der Waals surface area contributed by atoms with E-state index >= 15 is 0 Å². The number of nitrogens with two attached hydrogens (primary N) is 1. The second-order valence-electron chi connectivity index (χ2n) is 5.73. The van der Waals surface area contributed by atoms with E-state index in [-0.39, 0.29) is 70.3 Å². The molecule has 2 heteroatoms. The average molecular weight is 401 g/mol. The average Bonchev–Trinajstić information content (AvgIpc) is 2.43. The summed E-state index contributed by atoms with van der Waals surface area (Å²) in [7, 11) is 0. The van der Waals surface area contributed by atoms with Crippen LogP contribution in [0, 0.1) is 0 Å². The summed E-state index contributed by atoms with van der Waals surface area (Å²) in [5.41, 5.74) is 5.47. The molecule has 0 aromatic heterocycles. The molecule has 0 heterocycles. The molecule has 116 valence electrons. The summed E-state index contributed by atoms with van der Waals surface area (Å²) in [6, 6.07) is 0. The van der Waals surface area contributed by atoms with E-state index in [1.807, 2.05) is 0 Å². The van der Waals surface area contributed by atoms with Crippen molar-refractivity contribution in [1.29, 1.82) is 0 Å². The van der Waals surface area contributed by atoms with Crippen LogP contribution in [-0.4, -0.2) is 6.54 Å². The fourth-order valence-corrected chi connectivity index (χ4v) is 2.39. The van der Waals surface area contributed by atoms with Gasteiger partial charge >= 0.3 is 68.9 Å². The van der Waals surface area contributed by atoms with Gasteiger partial charge in [-0.3, -0.25) is 0 Å². The van der Waals surface area contributed by atoms with Crippen LogP contribution in [0.3, 0.4) is 0 Å². The van der Waals surface area contributed by atoms with Gasteiger partial charge in [0.2, 0.25) is 0 Å². The molecule has 0 aromatic carbocycles. The van der Waals surface area contributed by atoms with Gasteiger partial charge in [-0.2, -0.15) is 0 Å². The van der Waals surface area contributed by atoms with Gasteiger partial charge in [-0.25, -0.2) is 0 Å². The fourth-order valence-electron chi connectivity index (χ4n) is 2.39. The van der Waals surface area contributed by atoms with E-state index in [1.165, 1.54) is 89.9 Å². The summed E-state index contributed by atoms with van der Waals surface area (Å²) < 4.78 is 0. The first kappa shape index (κ1) is 24.0. The summed E-state index contributed by atoms with van der Waals surface area (Å²) >= 11 is 0. The zero-order valence-electron chi connectivity index (χ0n) is 15.3. The zero-order valence-corrected chi connectivity index (χ0v) is 20.6. The molecular weight excluding hydrogens is 363 g/mol. The van der Waals surface area contributed by atoms with Crippen molar-refractivity contribution < 1.29 is 70.3 Å². The van der Waals surface area contributed by atoms with E-state index in [2.05, 4.69) is 19.1 Å². The van der Waals surface area contributed by atoms with Crippen molar-refractivity contribution >= 4 is 0 Å². The molecule has 0 aliphatic carbocycles. The normalized spacial score (nSPS) is 10.9. The zero-order chi connectivity index (χ0) is 14.0. The van der Waals surface area contributed by atoms with Crippen molar-refractivity contribution in [2.45, 2.75) is 96.8 Å². The number of hydrogen-bond donors (Lipinski definition) is 1. The largest absolute Gasteiger partial charge is 1.00 e. The minimum atomic E-state index is 0. The van der Waals surface area contributed by atoms with Gasteiger partial charge in [-0.15, -0.1) is 0 Å². The Morgan fingerprint density at radius 2 is 1.05 bits per heavy atom. The van der Waals surface area contributed by atoms with Gasteiger partial charge in [0.1, 0.15) is 0 Å². The molecule has 0 saturated carbocycles. The molecule has 0 atom stereocenters. The van der Waals surface area contributed by atoms with Gasteiger partial charge in [0.05, 0.1) is 0 Å². The molecule has 0 unspecified atom stereocenters. The second kappa shape index (κ2) is 23.0. The van der Waals surface area contributed by atoms with E-state index in [0.29, 0.717) is 0 Å².